The smallest absolute Gasteiger partial charge is 0.311 e. The number of Topliss-reactive ketones (excluding diaryl/α,β-unsaturated/α-hetero) is 1. The van der Waals surface area contributed by atoms with E-state index in [1.807, 2.05) is 13.8 Å². The summed E-state index contributed by atoms with van der Waals surface area (Å²) in [6.45, 7) is 5.49. The molecule has 0 radical (unpaired) electrons. The Morgan fingerprint density at radius 1 is 1.24 bits per heavy atom. The second kappa shape index (κ2) is 4.99. The molecule has 0 heterocycles. The maximum absolute atomic E-state index is 11.8. The van der Waals surface area contributed by atoms with E-state index < -0.39 is 12.4 Å². The van der Waals surface area contributed by atoms with Crippen molar-refractivity contribution in [2.24, 2.45) is 0 Å². The highest BCUT2D eigenvalue weighted by molar-refractivity contribution is 6.06. The third kappa shape index (κ3) is 2.64. The molecule has 92 valence electrons. The van der Waals surface area contributed by atoms with Crippen LogP contribution in [0.4, 0.5) is 0 Å². The summed E-state index contributed by atoms with van der Waals surface area (Å²) >= 11 is 0. The average molecular weight is 236 g/mol. The molecule has 0 fully saturated rings. The maximum Gasteiger partial charge on any atom is 0.311 e. The number of methoxy groups -OCH3 is 1. The molecule has 0 saturated carbocycles. The van der Waals surface area contributed by atoms with Gasteiger partial charge in [0.2, 0.25) is 0 Å². The van der Waals surface area contributed by atoms with Crippen LogP contribution < -0.4 is 4.74 Å². The highest BCUT2D eigenvalue weighted by Crippen LogP contribution is 2.29. The van der Waals surface area contributed by atoms with Gasteiger partial charge in [-0.15, -0.1) is 0 Å². The van der Waals surface area contributed by atoms with Crippen LogP contribution in [-0.2, 0) is 4.79 Å². The van der Waals surface area contributed by atoms with Gasteiger partial charge in [-0.3, -0.25) is 9.59 Å². The first-order valence-corrected chi connectivity index (χ1v) is 5.28. The number of benzene rings is 1. The van der Waals surface area contributed by atoms with E-state index in [9.17, 15) is 9.59 Å². The number of carbonyl (C=O) groups is 2. The van der Waals surface area contributed by atoms with E-state index in [1.165, 1.54) is 0 Å². The lowest BCUT2D eigenvalue weighted by atomic mass is 9.95. The van der Waals surface area contributed by atoms with Crippen LogP contribution in [0.2, 0.25) is 0 Å². The van der Waals surface area contributed by atoms with Crippen molar-refractivity contribution in [2.45, 2.75) is 27.2 Å². The van der Waals surface area contributed by atoms with Gasteiger partial charge < -0.3 is 9.84 Å². The van der Waals surface area contributed by atoms with Gasteiger partial charge in [-0.25, -0.2) is 0 Å². The van der Waals surface area contributed by atoms with Crippen LogP contribution in [0.3, 0.4) is 0 Å². The Bertz CT molecular complexity index is 475. The van der Waals surface area contributed by atoms with Crippen molar-refractivity contribution in [1.82, 2.24) is 0 Å². The molecule has 17 heavy (non-hydrogen) atoms. The highest BCUT2D eigenvalue weighted by atomic mass is 16.5. The van der Waals surface area contributed by atoms with E-state index in [4.69, 9.17) is 9.84 Å². The van der Waals surface area contributed by atoms with Gasteiger partial charge >= 0.3 is 5.97 Å². The second-order valence-electron chi connectivity index (χ2n) is 4.02. The molecule has 1 aromatic carbocycles. The number of carbonyl (C=O) groups excluding carboxylic acids is 1. The minimum atomic E-state index is -1.11. The molecule has 0 amide bonds. The fourth-order valence-electron chi connectivity index (χ4n) is 1.89. The van der Waals surface area contributed by atoms with Crippen molar-refractivity contribution >= 4 is 11.8 Å². The number of aliphatic carboxylic acids is 1. The number of hydrogen-bond donors (Lipinski definition) is 1. The van der Waals surface area contributed by atoms with E-state index >= 15 is 0 Å². The summed E-state index contributed by atoms with van der Waals surface area (Å²) in [5.74, 6) is -0.737. The van der Waals surface area contributed by atoms with Crippen LogP contribution in [0.1, 0.15) is 33.5 Å². The summed E-state index contributed by atoms with van der Waals surface area (Å²) in [7, 11) is 1.58. The molecule has 0 unspecified atom stereocenters. The van der Waals surface area contributed by atoms with Gasteiger partial charge in [0, 0.05) is 5.56 Å². The van der Waals surface area contributed by atoms with Gasteiger partial charge in [-0.05, 0) is 43.5 Å². The van der Waals surface area contributed by atoms with Crippen molar-refractivity contribution in [3.05, 3.63) is 28.3 Å². The number of ether oxygens (including phenoxy) is 1. The topological polar surface area (TPSA) is 63.6 Å². The molecule has 1 rings (SSSR count). The average Bonchev–Trinajstić information content (AvgIpc) is 2.23. The normalized spacial score (nSPS) is 10.1. The zero-order valence-corrected chi connectivity index (χ0v) is 10.5. The van der Waals surface area contributed by atoms with Crippen LogP contribution in [0, 0.1) is 20.8 Å². The van der Waals surface area contributed by atoms with Crippen LogP contribution in [0.25, 0.3) is 0 Å². The molecule has 0 aliphatic carbocycles. The molecular weight excluding hydrogens is 220 g/mol. The number of hydrogen-bond acceptors (Lipinski definition) is 3. The van der Waals surface area contributed by atoms with Crippen LogP contribution >= 0.6 is 0 Å². The van der Waals surface area contributed by atoms with E-state index in [2.05, 4.69) is 0 Å². The highest BCUT2D eigenvalue weighted by Gasteiger charge is 2.17. The van der Waals surface area contributed by atoms with Crippen LogP contribution in [0.5, 0.6) is 5.75 Å². The maximum atomic E-state index is 11.8. The Morgan fingerprint density at radius 3 is 2.29 bits per heavy atom. The molecule has 4 heteroatoms. The first-order chi connectivity index (χ1) is 7.88. The van der Waals surface area contributed by atoms with Crippen LogP contribution in [-0.4, -0.2) is 24.0 Å². The third-order valence-electron chi connectivity index (χ3n) is 2.84. The lowest BCUT2D eigenvalue weighted by molar-refractivity contribution is -0.135. The largest absolute Gasteiger partial charge is 0.496 e. The minimum Gasteiger partial charge on any atom is -0.496 e. The molecule has 0 aliphatic rings. The summed E-state index contributed by atoms with van der Waals surface area (Å²) in [5.41, 5.74) is 2.95. The molecular formula is C13H16O4. The molecule has 1 aromatic rings. The molecule has 4 nitrogen and oxygen atoms in total. The number of carboxylic acids is 1. The van der Waals surface area contributed by atoms with Crippen LogP contribution in [0.15, 0.2) is 6.07 Å². The predicted octanol–water partition coefficient (Wildman–Crippen LogP) is 2.28. The van der Waals surface area contributed by atoms with Gasteiger partial charge in [0.1, 0.15) is 12.2 Å². The zero-order chi connectivity index (χ0) is 13.2. The molecule has 0 saturated heterocycles. The third-order valence-corrected chi connectivity index (χ3v) is 2.84. The number of carboxylic acid groups (broad SMARTS) is 1. The summed E-state index contributed by atoms with van der Waals surface area (Å²) in [6, 6.07) is 1.69. The van der Waals surface area contributed by atoms with Gasteiger partial charge in [-0.1, -0.05) is 0 Å². The van der Waals surface area contributed by atoms with Crippen molar-refractivity contribution in [3.63, 3.8) is 0 Å². The fourth-order valence-corrected chi connectivity index (χ4v) is 1.89. The number of ketones is 1. The molecule has 0 spiro atoms. The summed E-state index contributed by atoms with van der Waals surface area (Å²) in [6.07, 6.45) is -0.480. The minimum absolute atomic E-state index is 0.371. The molecule has 0 bridgehead atoms. The zero-order valence-electron chi connectivity index (χ0n) is 10.5. The van der Waals surface area contributed by atoms with Gasteiger partial charge in [0.25, 0.3) is 0 Å². The number of rotatable bonds is 4. The summed E-state index contributed by atoms with van der Waals surface area (Å²) < 4.78 is 5.24. The standard InChI is InChI=1S/C13H16O4/c1-7-5-10(11(14)6-12(15)16)8(2)9(3)13(7)17-4/h5H,6H2,1-4H3,(H,15,16). The van der Waals surface area contributed by atoms with Gasteiger partial charge in [0.15, 0.2) is 5.78 Å². The van der Waals surface area contributed by atoms with E-state index in [0.29, 0.717) is 5.56 Å². The monoisotopic (exact) mass is 236 g/mol. The molecule has 1 N–H and O–H groups in total. The molecule has 0 aliphatic heterocycles. The van der Waals surface area contributed by atoms with Crippen molar-refractivity contribution in [2.75, 3.05) is 7.11 Å². The summed E-state index contributed by atoms with van der Waals surface area (Å²) in [4.78, 5) is 22.3. The predicted molar refractivity (Wildman–Crippen MR) is 63.8 cm³/mol. The van der Waals surface area contributed by atoms with E-state index in [1.54, 1.807) is 20.1 Å². The second-order valence-corrected chi connectivity index (χ2v) is 4.02. The molecule has 0 atom stereocenters. The number of aryl methyl sites for hydroxylation is 1. The van der Waals surface area contributed by atoms with E-state index in [-0.39, 0.29) is 5.78 Å². The first-order valence-electron chi connectivity index (χ1n) is 5.28. The van der Waals surface area contributed by atoms with Crippen molar-refractivity contribution in [1.29, 1.82) is 0 Å². The van der Waals surface area contributed by atoms with Crippen molar-refractivity contribution < 1.29 is 19.4 Å². The fraction of sp³-hybridized carbons (Fsp3) is 0.385. The van der Waals surface area contributed by atoms with E-state index in [0.717, 1.165) is 22.4 Å². The Kier molecular flexibility index (Phi) is 3.89. The molecule has 0 aromatic heterocycles. The quantitative estimate of drug-likeness (QED) is 0.643. The Balaban J connectivity index is 3.28. The summed E-state index contributed by atoms with van der Waals surface area (Å²) in [5, 5.41) is 8.63. The first kappa shape index (κ1) is 13.2. The Labute approximate surface area is 100 Å². The Hall–Kier alpha value is -1.84. The lowest BCUT2D eigenvalue weighted by Crippen LogP contribution is -2.10. The van der Waals surface area contributed by atoms with Gasteiger partial charge in [0.05, 0.1) is 7.11 Å². The van der Waals surface area contributed by atoms with Crippen molar-refractivity contribution in [3.8, 4) is 5.75 Å². The lowest BCUT2D eigenvalue weighted by Gasteiger charge is -2.14. The Morgan fingerprint density at radius 2 is 1.82 bits per heavy atom. The SMILES string of the molecule is COc1c(C)cc(C(=O)CC(=O)O)c(C)c1C. The van der Waals surface area contributed by atoms with Gasteiger partial charge in [-0.2, -0.15) is 0 Å².